The molecule has 3 rings (SSSR count). The Morgan fingerprint density at radius 3 is 2.00 bits per heavy atom. The average molecular weight is 296 g/mol. The minimum Gasteiger partial charge on any atom is -0.372 e. The van der Waals surface area contributed by atoms with Crippen LogP contribution in [0.1, 0.15) is 23.5 Å². The summed E-state index contributed by atoms with van der Waals surface area (Å²) in [6.07, 6.45) is 0.873. The van der Waals surface area contributed by atoms with Crippen molar-refractivity contribution in [2.45, 2.75) is 17.6 Å². The summed E-state index contributed by atoms with van der Waals surface area (Å²) >= 11 is 4.90. The smallest absolute Gasteiger partial charge is 0.0975 e. The molecule has 0 aliphatic carbocycles. The van der Waals surface area contributed by atoms with Crippen LogP contribution >= 0.6 is 12.6 Å². The van der Waals surface area contributed by atoms with Crippen LogP contribution in [-0.2, 0) is 0 Å². The van der Waals surface area contributed by atoms with Crippen LogP contribution in [0.3, 0.4) is 0 Å². The van der Waals surface area contributed by atoms with Gasteiger partial charge in [0.2, 0.25) is 0 Å². The van der Waals surface area contributed by atoms with Gasteiger partial charge in [-0.1, -0.05) is 60.7 Å². The molecule has 0 amide bonds. The average Bonchev–Trinajstić information content (AvgIpc) is 3.02. The third-order valence-corrected chi connectivity index (χ3v) is 4.33. The SMILES string of the molecule is SC(CC1=NCCN1)C(c1ccccc1)c1ccccc1. The zero-order valence-electron chi connectivity index (χ0n) is 11.9. The maximum Gasteiger partial charge on any atom is 0.0975 e. The molecule has 1 unspecified atom stereocenters. The van der Waals surface area contributed by atoms with Crippen molar-refractivity contribution < 1.29 is 0 Å². The molecular formula is C18H20N2S. The highest BCUT2D eigenvalue weighted by molar-refractivity contribution is 7.81. The van der Waals surface area contributed by atoms with Crippen LogP contribution < -0.4 is 5.32 Å². The molecule has 1 aliphatic rings. The fourth-order valence-corrected chi connectivity index (χ4v) is 3.37. The quantitative estimate of drug-likeness (QED) is 0.811. The Morgan fingerprint density at radius 2 is 1.52 bits per heavy atom. The van der Waals surface area contributed by atoms with Gasteiger partial charge in [-0.2, -0.15) is 12.6 Å². The third-order valence-electron chi connectivity index (χ3n) is 3.85. The molecule has 21 heavy (non-hydrogen) atoms. The second-order valence-corrected chi connectivity index (χ2v) is 5.99. The van der Waals surface area contributed by atoms with Crippen LogP contribution in [-0.4, -0.2) is 24.2 Å². The van der Waals surface area contributed by atoms with Crippen molar-refractivity contribution in [2.75, 3.05) is 13.1 Å². The van der Waals surface area contributed by atoms with Gasteiger partial charge in [-0.25, -0.2) is 0 Å². The van der Waals surface area contributed by atoms with Gasteiger partial charge in [0.1, 0.15) is 0 Å². The summed E-state index contributed by atoms with van der Waals surface area (Å²) in [6.45, 7) is 1.84. The van der Waals surface area contributed by atoms with Crippen molar-refractivity contribution in [1.82, 2.24) is 5.32 Å². The highest BCUT2D eigenvalue weighted by atomic mass is 32.1. The highest BCUT2D eigenvalue weighted by Gasteiger charge is 2.24. The maximum absolute atomic E-state index is 4.90. The van der Waals surface area contributed by atoms with Crippen LogP contribution in [0.2, 0.25) is 0 Å². The van der Waals surface area contributed by atoms with Crippen molar-refractivity contribution in [3.63, 3.8) is 0 Å². The molecule has 1 atom stereocenters. The molecule has 0 saturated heterocycles. The Hall–Kier alpha value is -1.74. The number of aliphatic imine (C=N–C) groups is 1. The molecule has 1 N–H and O–H groups in total. The fraction of sp³-hybridized carbons (Fsp3) is 0.278. The van der Waals surface area contributed by atoms with Crippen molar-refractivity contribution in [1.29, 1.82) is 0 Å². The standard InChI is InChI=1S/C18H20N2S/c21-16(13-17-19-11-12-20-17)18(14-7-3-1-4-8-14)15-9-5-2-6-10-15/h1-10,16,18,21H,11-13H2,(H,19,20). The molecule has 108 valence electrons. The number of amidine groups is 1. The summed E-state index contributed by atoms with van der Waals surface area (Å²) in [7, 11) is 0. The van der Waals surface area contributed by atoms with E-state index in [1.165, 1.54) is 11.1 Å². The molecule has 0 bridgehead atoms. The fourth-order valence-electron chi connectivity index (χ4n) is 2.86. The van der Waals surface area contributed by atoms with Gasteiger partial charge in [0.25, 0.3) is 0 Å². The predicted molar refractivity (Wildman–Crippen MR) is 92.4 cm³/mol. The van der Waals surface area contributed by atoms with Crippen LogP contribution in [0.15, 0.2) is 65.7 Å². The summed E-state index contributed by atoms with van der Waals surface area (Å²) in [4.78, 5) is 4.50. The molecule has 0 spiro atoms. The molecule has 1 heterocycles. The molecule has 0 fully saturated rings. The molecule has 2 aromatic rings. The van der Waals surface area contributed by atoms with E-state index in [9.17, 15) is 0 Å². The van der Waals surface area contributed by atoms with Gasteiger partial charge >= 0.3 is 0 Å². The normalized spacial score (nSPS) is 15.6. The summed E-state index contributed by atoms with van der Waals surface area (Å²) in [6, 6.07) is 21.2. The monoisotopic (exact) mass is 296 g/mol. The first-order valence-corrected chi connectivity index (χ1v) is 7.91. The Morgan fingerprint density at radius 1 is 0.952 bits per heavy atom. The van der Waals surface area contributed by atoms with E-state index < -0.39 is 0 Å². The topological polar surface area (TPSA) is 24.4 Å². The van der Waals surface area contributed by atoms with E-state index in [1.807, 2.05) is 0 Å². The highest BCUT2D eigenvalue weighted by Crippen LogP contribution is 2.32. The van der Waals surface area contributed by atoms with Gasteiger partial charge in [0.15, 0.2) is 0 Å². The molecule has 0 saturated carbocycles. The molecule has 0 aromatic heterocycles. The van der Waals surface area contributed by atoms with E-state index in [4.69, 9.17) is 12.6 Å². The Labute approximate surface area is 131 Å². The zero-order valence-corrected chi connectivity index (χ0v) is 12.8. The number of hydrogen-bond acceptors (Lipinski definition) is 3. The van der Waals surface area contributed by atoms with E-state index in [0.29, 0.717) is 0 Å². The molecule has 3 heteroatoms. The predicted octanol–water partition coefficient (Wildman–Crippen LogP) is 3.51. The Balaban J connectivity index is 1.88. The van der Waals surface area contributed by atoms with Crippen LogP contribution in [0.25, 0.3) is 0 Å². The summed E-state index contributed by atoms with van der Waals surface area (Å²) in [5.41, 5.74) is 2.62. The van der Waals surface area contributed by atoms with Crippen LogP contribution in [0.5, 0.6) is 0 Å². The van der Waals surface area contributed by atoms with Gasteiger partial charge in [-0.05, 0) is 11.1 Å². The van der Waals surface area contributed by atoms with Crippen molar-refractivity contribution >= 4 is 18.5 Å². The van der Waals surface area contributed by atoms with Gasteiger partial charge in [-0.15, -0.1) is 0 Å². The number of nitrogens with zero attached hydrogens (tertiary/aromatic N) is 1. The van der Waals surface area contributed by atoms with Crippen molar-refractivity contribution in [3.05, 3.63) is 71.8 Å². The number of hydrogen-bond donors (Lipinski definition) is 2. The lowest BCUT2D eigenvalue weighted by Crippen LogP contribution is -2.25. The minimum atomic E-state index is 0.208. The third kappa shape index (κ3) is 3.48. The van der Waals surface area contributed by atoms with E-state index in [2.05, 4.69) is 71.0 Å². The zero-order chi connectivity index (χ0) is 14.5. The number of thiol groups is 1. The van der Waals surface area contributed by atoms with Crippen LogP contribution in [0.4, 0.5) is 0 Å². The van der Waals surface area contributed by atoms with Gasteiger partial charge in [0, 0.05) is 24.1 Å². The van der Waals surface area contributed by atoms with E-state index in [0.717, 1.165) is 25.3 Å². The molecule has 1 aliphatic heterocycles. The largest absolute Gasteiger partial charge is 0.372 e. The van der Waals surface area contributed by atoms with Crippen molar-refractivity contribution in [2.24, 2.45) is 4.99 Å². The minimum absolute atomic E-state index is 0.208. The lowest BCUT2D eigenvalue weighted by molar-refractivity contribution is 0.758. The lowest BCUT2D eigenvalue weighted by atomic mass is 9.87. The molecule has 2 aromatic carbocycles. The first-order valence-electron chi connectivity index (χ1n) is 7.40. The Kier molecular flexibility index (Phi) is 4.61. The maximum atomic E-state index is 4.90. The molecule has 2 nitrogen and oxygen atoms in total. The number of nitrogens with one attached hydrogen (secondary N) is 1. The summed E-state index contributed by atoms with van der Waals surface area (Å²) in [5.74, 6) is 1.37. The van der Waals surface area contributed by atoms with E-state index in [-0.39, 0.29) is 11.2 Å². The number of benzene rings is 2. The van der Waals surface area contributed by atoms with E-state index in [1.54, 1.807) is 0 Å². The van der Waals surface area contributed by atoms with Gasteiger partial charge in [-0.3, -0.25) is 4.99 Å². The lowest BCUT2D eigenvalue weighted by Gasteiger charge is -2.24. The van der Waals surface area contributed by atoms with Gasteiger partial charge < -0.3 is 5.32 Å². The molecule has 0 radical (unpaired) electrons. The second-order valence-electron chi connectivity index (χ2n) is 5.33. The molecular weight excluding hydrogens is 276 g/mol. The van der Waals surface area contributed by atoms with Crippen LogP contribution in [0, 0.1) is 0 Å². The second kappa shape index (κ2) is 6.81. The first kappa shape index (κ1) is 14.2. The van der Waals surface area contributed by atoms with Gasteiger partial charge in [0.05, 0.1) is 12.4 Å². The Bertz CT molecular complexity index is 556. The number of rotatable bonds is 5. The van der Waals surface area contributed by atoms with E-state index >= 15 is 0 Å². The summed E-state index contributed by atoms with van der Waals surface area (Å²) in [5, 5.41) is 3.55. The van der Waals surface area contributed by atoms with Crippen molar-refractivity contribution in [3.8, 4) is 0 Å². The first-order chi connectivity index (χ1) is 10.3. The summed E-state index contributed by atoms with van der Waals surface area (Å²) < 4.78 is 0.